The van der Waals surface area contributed by atoms with Crippen LogP contribution in [0, 0.1) is 0 Å². The molecule has 8 heteroatoms. The monoisotopic (exact) mass is 708 g/mol. The molecule has 2 aromatic carbocycles. The quantitative estimate of drug-likeness (QED) is 0.0762. The van der Waals surface area contributed by atoms with Crippen molar-refractivity contribution in [1.82, 2.24) is 0 Å². The summed E-state index contributed by atoms with van der Waals surface area (Å²) in [6.07, 6.45) is 16.7. The van der Waals surface area contributed by atoms with Crippen LogP contribution in [0.2, 0.25) is 0 Å². The zero-order valence-electron chi connectivity index (χ0n) is 30.7. The summed E-state index contributed by atoms with van der Waals surface area (Å²) in [5.41, 5.74) is 2.87. The van der Waals surface area contributed by atoms with Crippen LogP contribution in [0.25, 0.3) is 0 Å². The Kier molecular flexibility index (Phi) is 13.9. The Hall–Kier alpha value is -4.66. The Bertz CT molecular complexity index is 1620. The van der Waals surface area contributed by atoms with Crippen molar-refractivity contribution in [1.29, 1.82) is 0 Å². The minimum atomic E-state index is -1.46. The van der Waals surface area contributed by atoms with Crippen LogP contribution < -0.4 is 0 Å². The van der Waals surface area contributed by atoms with Gasteiger partial charge in [0.05, 0.1) is 35.5 Å². The molecule has 1 fully saturated rings. The Morgan fingerprint density at radius 1 is 0.442 bits per heavy atom. The lowest BCUT2D eigenvalue weighted by atomic mass is 9.71. The first-order valence-corrected chi connectivity index (χ1v) is 19.1. The van der Waals surface area contributed by atoms with Crippen molar-refractivity contribution in [2.24, 2.45) is 0 Å². The van der Waals surface area contributed by atoms with Gasteiger partial charge < -0.3 is 30.6 Å². The lowest BCUT2D eigenvalue weighted by Gasteiger charge is -2.39. The highest BCUT2D eigenvalue weighted by molar-refractivity contribution is 6.05. The van der Waals surface area contributed by atoms with E-state index in [1.54, 1.807) is 0 Å². The van der Waals surface area contributed by atoms with E-state index in [0.29, 0.717) is 24.5 Å². The fourth-order valence-corrected chi connectivity index (χ4v) is 7.31. The Morgan fingerprint density at radius 2 is 0.750 bits per heavy atom. The van der Waals surface area contributed by atoms with Crippen molar-refractivity contribution in [3.05, 3.63) is 130 Å². The third-order valence-corrected chi connectivity index (χ3v) is 10.1. The van der Waals surface area contributed by atoms with E-state index in [1.165, 1.54) is 62.8 Å². The van der Waals surface area contributed by atoms with Crippen LogP contribution in [0.4, 0.5) is 11.4 Å². The highest BCUT2D eigenvalue weighted by Gasteiger charge is 2.47. The second kappa shape index (κ2) is 18.7. The van der Waals surface area contributed by atoms with Crippen molar-refractivity contribution < 1.29 is 39.8 Å². The maximum absolute atomic E-state index is 11.4. The minimum absolute atomic E-state index is 0.00408. The molecule has 5 rings (SSSR count). The fraction of sp³-hybridized carbons (Fsp3) is 0.409. The summed E-state index contributed by atoms with van der Waals surface area (Å²) in [7, 11) is 0. The number of nitrogens with zero attached hydrogens (tertiary/aromatic N) is 2. The van der Waals surface area contributed by atoms with Crippen molar-refractivity contribution in [3.63, 3.8) is 0 Å². The maximum Gasteiger partial charge on any atom is 0.213 e. The first kappa shape index (κ1) is 38.6. The maximum atomic E-state index is 11.4. The van der Waals surface area contributed by atoms with Gasteiger partial charge in [0.15, 0.2) is 0 Å². The number of unbranched alkanes of at least 4 members (excludes halogenated alkanes) is 10. The molecule has 0 atom stereocenters. The minimum Gasteiger partial charge on any atom is -0.507 e. The zero-order chi connectivity index (χ0) is 37.0. The molecule has 0 saturated heterocycles. The van der Waals surface area contributed by atoms with E-state index in [-0.39, 0.29) is 45.3 Å². The van der Waals surface area contributed by atoms with Crippen LogP contribution in [0.3, 0.4) is 0 Å². The number of allylic oxidation sites excluding steroid dienone is 4. The van der Waals surface area contributed by atoms with Gasteiger partial charge in [-0.3, -0.25) is 0 Å². The largest absolute Gasteiger partial charge is 0.507 e. The van der Waals surface area contributed by atoms with Crippen LogP contribution in [0.1, 0.15) is 90.9 Å². The molecule has 1 saturated carbocycles. The molecule has 0 spiro atoms. The number of rotatable bonds is 16. The molecular weight excluding hydrogens is 652 g/mol. The number of benzene rings is 2. The van der Waals surface area contributed by atoms with Crippen LogP contribution in [-0.4, -0.2) is 76.5 Å². The summed E-state index contributed by atoms with van der Waals surface area (Å²) in [4.78, 5) is 0. The van der Waals surface area contributed by atoms with E-state index in [0.717, 1.165) is 49.9 Å². The summed E-state index contributed by atoms with van der Waals surface area (Å²) < 4.78 is 4.09. The summed E-state index contributed by atoms with van der Waals surface area (Å²) in [5.74, 6) is -1.16. The smallest absolute Gasteiger partial charge is 0.213 e. The summed E-state index contributed by atoms with van der Waals surface area (Å²) >= 11 is 0. The van der Waals surface area contributed by atoms with Gasteiger partial charge in [0.25, 0.3) is 0 Å². The highest BCUT2D eigenvalue weighted by atomic mass is 16.3. The van der Waals surface area contributed by atoms with Crippen molar-refractivity contribution in [2.75, 3.05) is 13.1 Å². The highest BCUT2D eigenvalue weighted by Crippen LogP contribution is 2.44. The molecule has 0 aliphatic heterocycles. The normalized spacial score (nSPS) is 18.8. The molecule has 52 heavy (non-hydrogen) atoms. The molecule has 0 bridgehead atoms. The predicted molar refractivity (Wildman–Crippen MR) is 208 cm³/mol. The van der Waals surface area contributed by atoms with Gasteiger partial charge in [-0.25, -0.2) is 0 Å². The first-order chi connectivity index (χ1) is 25.3. The van der Waals surface area contributed by atoms with Gasteiger partial charge in [-0.05, 0) is 12.8 Å². The van der Waals surface area contributed by atoms with E-state index in [4.69, 9.17) is 0 Å². The van der Waals surface area contributed by atoms with Crippen molar-refractivity contribution in [3.8, 4) is 0 Å². The topological polar surface area (TPSA) is 127 Å². The number of hydrogen-bond acceptors (Lipinski definition) is 6. The second-order valence-electron chi connectivity index (χ2n) is 13.9. The SMILES string of the molecule is CCCCCCCC[N+](=C1C=C(O)C(=C2C(O)C(=C3C(O)=CC(=[N+](CCCCCCCC)c4ccccc4)C=C3O)C2O)C(O)=C1)c1ccccc1. The van der Waals surface area contributed by atoms with Crippen molar-refractivity contribution >= 4 is 22.8 Å². The van der Waals surface area contributed by atoms with Gasteiger partial charge in [-0.1, -0.05) is 102 Å². The van der Waals surface area contributed by atoms with Gasteiger partial charge in [0.1, 0.15) is 48.3 Å². The van der Waals surface area contributed by atoms with E-state index in [1.807, 2.05) is 69.8 Å². The Balaban J connectivity index is 1.42. The van der Waals surface area contributed by atoms with Crippen LogP contribution in [0.15, 0.2) is 130 Å². The zero-order valence-corrected chi connectivity index (χ0v) is 30.7. The van der Waals surface area contributed by atoms with Crippen molar-refractivity contribution in [2.45, 2.75) is 103 Å². The van der Waals surface area contributed by atoms with Gasteiger partial charge in [-0.15, -0.1) is 0 Å². The van der Waals surface area contributed by atoms with Gasteiger partial charge in [-0.2, -0.15) is 9.15 Å². The predicted octanol–water partition coefficient (Wildman–Crippen LogP) is 9.40. The Morgan fingerprint density at radius 3 is 1.08 bits per heavy atom. The third kappa shape index (κ3) is 9.03. The summed E-state index contributed by atoms with van der Waals surface area (Å²) in [6, 6.07) is 19.6. The van der Waals surface area contributed by atoms with E-state index in [9.17, 15) is 30.6 Å². The third-order valence-electron chi connectivity index (χ3n) is 10.1. The average Bonchev–Trinajstić information content (AvgIpc) is 3.14. The van der Waals surface area contributed by atoms with E-state index < -0.39 is 12.2 Å². The second-order valence-corrected chi connectivity index (χ2v) is 13.9. The first-order valence-electron chi connectivity index (χ1n) is 19.1. The average molecular weight is 709 g/mol. The summed E-state index contributed by atoms with van der Waals surface area (Å²) in [5, 5.41) is 67.8. The number of aliphatic hydroxyl groups is 6. The summed E-state index contributed by atoms with van der Waals surface area (Å²) in [6.45, 7) is 5.76. The molecule has 3 aliphatic carbocycles. The van der Waals surface area contributed by atoms with Crippen LogP contribution in [0.5, 0.6) is 0 Å². The van der Waals surface area contributed by atoms with Gasteiger partial charge in [0, 0.05) is 48.3 Å². The van der Waals surface area contributed by atoms with Gasteiger partial charge in [0.2, 0.25) is 22.8 Å². The number of aliphatic hydroxyl groups excluding tert-OH is 6. The number of para-hydroxylation sites is 2. The number of hydrogen-bond donors (Lipinski definition) is 6. The molecule has 6 N–H and O–H groups in total. The van der Waals surface area contributed by atoms with E-state index in [2.05, 4.69) is 13.8 Å². The Labute approximate surface area is 308 Å². The molecule has 3 aliphatic rings. The standard InChI is InChI=1S/C44H54N2O6/c1-3-5-7-9-11-19-25-45(31-21-15-13-16-22-31)33-27-35(47)39(36(48)28-33)41-43(51)42(44(41)52)40-37(49)29-34(30-38(40)50)46(32-23-17-14-18-24-32)26-20-12-10-8-6-4-2/h13-18,21-24,27-30,43-44,51-52H,3-12,19-20,25-26H2,1-2H3,(H2,47,48,49,50)/p+2. The molecule has 0 radical (unpaired) electrons. The van der Waals surface area contributed by atoms with E-state index >= 15 is 0 Å². The molecule has 2 aromatic rings. The lowest BCUT2D eigenvalue weighted by molar-refractivity contribution is -0.440. The van der Waals surface area contributed by atoms with Gasteiger partial charge >= 0.3 is 0 Å². The fourth-order valence-electron chi connectivity index (χ4n) is 7.31. The van der Waals surface area contributed by atoms with Crippen LogP contribution in [-0.2, 0) is 0 Å². The molecular formula is C44H56N2O6+2. The van der Waals surface area contributed by atoms with Crippen LogP contribution >= 0.6 is 0 Å². The molecule has 276 valence electrons. The molecule has 0 heterocycles. The molecule has 0 amide bonds. The lowest BCUT2D eigenvalue weighted by Crippen LogP contribution is -2.44. The molecule has 0 unspecified atom stereocenters. The molecule has 0 aromatic heterocycles. The molecule has 8 nitrogen and oxygen atoms in total.